The first-order valence-electron chi connectivity index (χ1n) is 8.71. The maximum Gasteiger partial charge on any atom is 0.270 e. The Morgan fingerprint density at radius 3 is 2.69 bits per heavy atom. The van der Waals surface area contributed by atoms with Gasteiger partial charge in [0, 0.05) is 63.6 Å². The molecule has 4 heterocycles. The third-order valence-corrected chi connectivity index (χ3v) is 4.74. The van der Waals surface area contributed by atoms with E-state index in [1.807, 2.05) is 59.2 Å². The molecule has 0 spiro atoms. The van der Waals surface area contributed by atoms with Crippen LogP contribution in [-0.2, 0) is 20.1 Å². The van der Waals surface area contributed by atoms with Crippen LogP contribution in [0.3, 0.4) is 0 Å². The molecule has 0 saturated heterocycles. The maximum absolute atomic E-state index is 13.0. The highest BCUT2D eigenvalue weighted by molar-refractivity contribution is 5.93. The van der Waals surface area contributed by atoms with Crippen LogP contribution in [-0.4, -0.2) is 38.4 Å². The van der Waals surface area contributed by atoms with Crippen LogP contribution < -0.4 is 4.90 Å². The SMILES string of the molecule is Cn1cccc1C(=O)N1CCN(Cc2ccncc2)c2ncccc2C1. The minimum absolute atomic E-state index is 0.0538. The van der Waals surface area contributed by atoms with Gasteiger partial charge in [-0.1, -0.05) is 6.07 Å². The quantitative estimate of drug-likeness (QED) is 0.730. The van der Waals surface area contributed by atoms with E-state index in [-0.39, 0.29) is 5.91 Å². The van der Waals surface area contributed by atoms with Crippen LogP contribution in [0.1, 0.15) is 21.6 Å². The Morgan fingerprint density at radius 1 is 1.08 bits per heavy atom. The van der Waals surface area contributed by atoms with Crippen molar-refractivity contribution in [2.45, 2.75) is 13.1 Å². The van der Waals surface area contributed by atoms with Crippen molar-refractivity contribution in [2.24, 2.45) is 7.05 Å². The van der Waals surface area contributed by atoms with Gasteiger partial charge in [-0.3, -0.25) is 9.78 Å². The highest BCUT2D eigenvalue weighted by Crippen LogP contribution is 2.25. The van der Waals surface area contributed by atoms with Crippen LogP contribution in [0.25, 0.3) is 0 Å². The fraction of sp³-hybridized carbons (Fsp3) is 0.250. The number of amides is 1. The summed E-state index contributed by atoms with van der Waals surface area (Å²) >= 11 is 0. The lowest BCUT2D eigenvalue weighted by molar-refractivity contribution is 0.0742. The maximum atomic E-state index is 13.0. The van der Waals surface area contributed by atoms with Gasteiger partial charge in [0.2, 0.25) is 0 Å². The Balaban J connectivity index is 1.62. The Hall–Kier alpha value is -3.15. The van der Waals surface area contributed by atoms with Crippen LogP contribution >= 0.6 is 0 Å². The number of fused-ring (bicyclic) bond motifs is 1. The zero-order chi connectivity index (χ0) is 17.9. The summed E-state index contributed by atoms with van der Waals surface area (Å²) in [7, 11) is 1.90. The smallest absolute Gasteiger partial charge is 0.270 e. The van der Waals surface area contributed by atoms with Gasteiger partial charge in [-0.2, -0.15) is 0 Å². The Morgan fingerprint density at radius 2 is 1.92 bits per heavy atom. The summed E-state index contributed by atoms with van der Waals surface area (Å²) in [6, 6.07) is 11.8. The van der Waals surface area contributed by atoms with Gasteiger partial charge in [-0.25, -0.2) is 4.98 Å². The number of rotatable bonds is 3. The van der Waals surface area contributed by atoms with Gasteiger partial charge in [0.15, 0.2) is 0 Å². The van der Waals surface area contributed by atoms with Gasteiger partial charge in [0.05, 0.1) is 0 Å². The second kappa shape index (κ2) is 7.00. The summed E-state index contributed by atoms with van der Waals surface area (Å²) in [5.74, 6) is 1.00. The van der Waals surface area contributed by atoms with Crippen LogP contribution in [0, 0.1) is 0 Å². The minimum atomic E-state index is 0.0538. The first-order valence-corrected chi connectivity index (χ1v) is 8.71. The molecule has 0 saturated carbocycles. The molecule has 132 valence electrons. The lowest BCUT2D eigenvalue weighted by atomic mass is 10.2. The van der Waals surface area contributed by atoms with Crippen molar-refractivity contribution in [3.05, 3.63) is 78.0 Å². The molecule has 0 aromatic carbocycles. The minimum Gasteiger partial charge on any atom is -0.350 e. The molecule has 1 aliphatic heterocycles. The zero-order valence-corrected chi connectivity index (χ0v) is 14.7. The first kappa shape index (κ1) is 16.3. The van der Waals surface area contributed by atoms with E-state index >= 15 is 0 Å². The topological polar surface area (TPSA) is 54.3 Å². The molecule has 4 rings (SSSR count). The van der Waals surface area contributed by atoms with E-state index in [4.69, 9.17) is 0 Å². The largest absolute Gasteiger partial charge is 0.350 e. The molecule has 26 heavy (non-hydrogen) atoms. The monoisotopic (exact) mass is 347 g/mol. The van der Waals surface area contributed by atoms with Crippen molar-refractivity contribution >= 4 is 11.7 Å². The van der Waals surface area contributed by atoms with E-state index in [0.717, 1.165) is 24.5 Å². The highest BCUT2D eigenvalue weighted by Gasteiger charge is 2.25. The summed E-state index contributed by atoms with van der Waals surface area (Å²) in [4.78, 5) is 25.8. The third-order valence-electron chi connectivity index (χ3n) is 4.74. The molecule has 3 aromatic rings. The second-order valence-electron chi connectivity index (χ2n) is 6.49. The molecule has 3 aromatic heterocycles. The van der Waals surface area contributed by atoms with Gasteiger partial charge in [-0.15, -0.1) is 0 Å². The number of pyridine rings is 2. The number of carbonyl (C=O) groups is 1. The summed E-state index contributed by atoms with van der Waals surface area (Å²) in [5, 5.41) is 0. The van der Waals surface area contributed by atoms with Crippen LogP contribution in [0.2, 0.25) is 0 Å². The van der Waals surface area contributed by atoms with Gasteiger partial charge >= 0.3 is 0 Å². The van der Waals surface area contributed by atoms with Crippen molar-refractivity contribution in [1.82, 2.24) is 19.4 Å². The zero-order valence-electron chi connectivity index (χ0n) is 14.7. The van der Waals surface area contributed by atoms with E-state index in [1.54, 1.807) is 12.4 Å². The van der Waals surface area contributed by atoms with E-state index in [2.05, 4.69) is 20.9 Å². The fourth-order valence-electron chi connectivity index (χ4n) is 3.35. The Kier molecular flexibility index (Phi) is 4.39. The molecule has 6 nitrogen and oxygen atoms in total. The molecule has 1 aliphatic rings. The molecular weight excluding hydrogens is 326 g/mol. The lowest BCUT2D eigenvalue weighted by Crippen LogP contribution is -2.36. The molecule has 0 aliphatic carbocycles. The molecule has 0 bridgehead atoms. The van der Waals surface area contributed by atoms with Crippen molar-refractivity contribution in [2.75, 3.05) is 18.0 Å². The number of anilines is 1. The summed E-state index contributed by atoms with van der Waals surface area (Å²) in [5.41, 5.74) is 2.96. The predicted molar refractivity (Wildman–Crippen MR) is 99.7 cm³/mol. The predicted octanol–water partition coefficient (Wildman–Crippen LogP) is 2.48. The van der Waals surface area contributed by atoms with Crippen molar-refractivity contribution in [3.8, 4) is 0 Å². The Bertz CT molecular complexity index is 905. The van der Waals surface area contributed by atoms with Crippen LogP contribution in [0.15, 0.2) is 61.2 Å². The normalized spacial score (nSPS) is 14.0. The average molecular weight is 347 g/mol. The van der Waals surface area contributed by atoms with E-state index in [1.165, 1.54) is 5.56 Å². The second-order valence-corrected chi connectivity index (χ2v) is 6.49. The molecule has 0 unspecified atom stereocenters. The molecular formula is C20H21N5O. The summed E-state index contributed by atoms with van der Waals surface area (Å²) in [6.45, 7) is 2.71. The Labute approximate surface area is 152 Å². The number of nitrogens with zero attached hydrogens (tertiary/aromatic N) is 5. The molecule has 1 amide bonds. The summed E-state index contributed by atoms with van der Waals surface area (Å²) < 4.78 is 1.87. The van der Waals surface area contributed by atoms with Gasteiger partial charge in [-0.05, 0) is 35.9 Å². The molecule has 6 heteroatoms. The highest BCUT2D eigenvalue weighted by atomic mass is 16.2. The van der Waals surface area contributed by atoms with Gasteiger partial charge < -0.3 is 14.4 Å². The van der Waals surface area contributed by atoms with E-state index in [0.29, 0.717) is 18.8 Å². The van der Waals surface area contributed by atoms with E-state index < -0.39 is 0 Å². The molecule has 0 fully saturated rings. The fourth-order valence-corrected chi connectivity index (χ4v) is 3.35. The number of carbonyl (C=O) groups excluding carboxylic acids is 1. The van der Waals surface area contributed by atoms with Gasteiger partial charge in [0.1, 0.15) is 11.5 Å². The van der Waals surface area contributed by atoms with Crippen LogP contribution in [0.5, 0.6) is 0 Å². The first-order chi connectivity index (χ1) is 12.7. The van der Waals surface area contributed by atoms with E-state index in [9.17, 15) is 4.79 Å². The molecule has 0 radical (unpaired) electrons. The number of aryl methyl sites for hydroxylation is 1. The van der Waals surface area contributed by atoms with Crippen molar-refractivity contribution in [3.63, 3.8) is 0 Å². The van der Waals surface area contributed by atoms with Crippen LogP contribution in [0.4, 0.5) is 5.82 Å². The molecule has 0 N–H and O–H groups in total. The average Bonchev–Trinajstić information content (AvgIpc) is 3.01. The standard InChI is InChI=1S/C20H21N5O/c1-23-11-3-5-18(23)20(26)25-13-12-24(14-16-6-9-21-10-7-16)19-17(15-25)4-2-8-22-19/h2-11H,12-15H2,1H3. The van der Waals surface area contributed by atoms with Crippen molar-refractivity contribution in [1.29, 1.82) is 0 Å². The number of hydrogen-bond acceptors (Lipinski definition) is 4. The summed E-state index contributed by atoms with van der Waals surface area (Å²) in [6.07, 6.45) is 7.32. The number of aromatic nitrogens is 3. The molecule has 0 atom stereocenters. The third kappa shape index (κ3) is 3.18. The lowest BCUT2D eigenvalue weighted by Gasteiger charge is -2.24. The van der Waals surface area contributed by atoms with Crippen molar-refractivity contribution < 1.29 is 4.79 Å². The van der Waals surface area contributed by atoms with Gasteiger partial charge in [0.25, 0.3) is 5.91 Å². The number of hydrogen-bond donors (Lipinski definition) is 0.